The molecule has 0 aliphatic rings. The number of aliphatic hydroxyl groups excluding tert-OH is 1. The summed E-state index contributed by atoms with van der Waals surface area (Å²) in [4.78, 5) is 12.3. The van der Waals surface area contributed by atoms with E-state index in [1.165, 1.54) is 6.08 Å². The molecule has 0 aliphatic heterocycles. The van der Waals surface area contributed by atoms with Crippen LogP contribution in [-0.2, 0) is 13.6 Å². The van der Waals surface area contributed by atoms with Gasteiger partial charge in [0.1, 0.15) is 12.2 Å². The molecule has 0 aliphatic carbocycles. The number of phosphoric acid groups is 1. The minimum Gasteiger partial charge on any atom is -0.756 e. The molecule has 0 spiro atoms. The number of hydrogen-bond acceptors (Lipinski definition) is 5. The summed E-state index contributed by atoms with van der Waals surface area (Å²) in [6, 6.07) is 0. The summed E-state index contributed by atoms with van der Waals surface area (Å²) in [5.74, 6) is 41.4. The third-order valence-corrected chi connectivity index (χ3v) is 4.62. The number of aliphatic hydroxyl groups is 1. The van der Waals surface area contributed by atoms with Gasteiger partial charge in [0.25, 0.3) is 7.82 Å². The summed E-state index contributed by atoms with van der Waals surface area (Å²) < 4.78 is 22.3. The van der Waals surface area contributed by atoms with Gasteiger partial charge in [-0.2, -0.15) is 0 Å². The Morgan fingerprint density at radius 1 is 0.673 bits per heavy atom. The zero-order chi connectivity index (χ0) is 35.9. The Labute approximate surface area is 286 Å². The fraction of sp³-hybridized carbons (Fsp3) is 0.116. The van der Waals surface area contributed by atoms with Crippen molar-refractivity contribution in [3.8, 4) is 107 Å². The molecule has 5 nitrogen and oxygen atoms in total. The van der Waals surface area contributed by atoms with E-state index in [1.54, 1.807) is 26.0 Å². The second-order valence-electron chi connectivity index (χ2n) is 7.03. The largest absolute Gasteiger partial charge is 0.756 e. The van der Waals surface area contributed by atoms with E-state index in [1.807, 2.05) is 0 Å². The number of phosphoric ester groups is 1. The Hall–Kier alpha value is -8.09. The van der Waals surface area contributed by atoms with E-state index in [-0.39, 0.29) is 12.2 Å². The van der Waals surface area contributed by atoms with Crippen LogP contribution in [0.3, 0.4) is 0 Å². The van der Waals surface area contributed by atoms with Crippen molar-refractivity contribution in [3.05, 3.63) is 116 Å². The van der Waals surface area contributed by atoms with Gasteiger partial charge in [0.2, 0.25) is 0 Å². The van der Waals surface area contributed by atoms with Crippen LogP contribution in [0.2, 0.25) is 0 Å². The van der Waals surface area contributed by atoms with Gasteiger partial charge >= 0.3 is 0 Å². The van der Waals surface area contributed by atoms with Crippen LogP contribution in [0.25, 0.3) is 0 Å². The van der Waals surface area contributed by atoms with Crippen LogP contribution in [-0.4, -0.2) is 17.8 Å². The summed E-state index contributed by atoms with van der Waals surface area (Å²) >= 11 is 0. The standard InChI is InChI=1S/C43H17O5P/c1-4-7-8-9-10-11-12-13-16-19-22-25-28-31-34-38-42(43(37-5-2)48-49(45,46)47-41-6-3)39-35-32-29-26-23-20-17-14-15-18-21-24-27-30-33-36-40-44/h5,37,43-44H,1,6,41H2,2-3H3,(H,45,46)/p-1/b37-5+. The molecule has 0 amide bonds. The van der Waals surface area contributed by atoms with Gasteiger partial charge < -0.3 is 19.0 Å². The number of allylic oxidation sites excluding steroid dienone is 1. The molecule has 0 saturated carbocycles. The lowest BCUT2D eigenvalue weighted by Crippen LogP contribution is -2.17. The van der Waals surface area contributed by atoms with Crippen LogP contribution < -0.4 is 4.89 Å². The molecule has 0 fully saturated rings. The van der Waals surface area contributed by atoms with Crippen molar-refractivity contribution >= 4 is 7.82 Å². The van der Waals surface area contributed by atoms with E-state index < -0.39 is 13.9 Å². The first-order chi connectivity index (χ1) is 24.0. The zero-order valence-electron chi connectivity index (χ0n) is 25.9. The predicted octanol–water partition coefficient (Wildman–Crippen LogP) is 4.24. The topological polar surface area (TPSA) is 78.8 Å². The van der Waals surface area contributed by atoms with Gasteiger partial charge in [-0.15, -0.1) is 0 Å². The highest BCUT2D eigenvalue weighted by atomic mass is 31.2. The molecule has 6 heteroatoms. The second kappa shape index (κ2) is 31.3. The monoisotopic (exact) mass is 643 g/mol. The van der Waals surface area contributed by atoms with Gasteiger partial charge in [0.15, 0.2) is 0 Å². The van der Waals surface area contributed by atoms with E-state index >= 15 is 0 Å². The maximum Gasteiger partial charge on any atom is 0.268 e. The highest BCUT2D eigenvalue weighted by molar-refractivity contribution is 7.45. The molecular weight excluding hydrogens is 627 g/mol. The Bertz CT molecular complexity index is 2620. The smallest absolute Gasteiger partial charge is 0.268 e. The van der Waals surface area contributed by atoms with E-state index in [2.05, 4.69) is 199 Å². The Balaban J connectivity index is 6.52. The Morgan fingerprint density at radius 2 is 1.06 bits per heavy atom. The summed E-state index contributed by atoms with van der Waals surface area (Å²) in [5, 5.41) is 8.23. The summed E-state index contributed by atoms with van der Waals surface area (Å²) in [5.41, 5.74) is 39.8. The maximum absolute atomic E-state index is 12.3. The molecule has 0 aromatic rings. The predicted molar refractivity (Wildman–Crippen MR) is 181 cm³/mol. The molecule has 0 radical (unpaired) electrons. The van der Waals surface area contributed by atoms with Crippen LogP contribution in [0.1, 0.15) is 20.3 Å². The third-order valence-electron chi connectivity index (χ3n) is 3.64. The average molecular weight is 644 g/mol. The molecule has 224 valence electrons. The van der Waals surface area contributed by atoms with Crippen molar-refractivity contribution in [1.82, 2.24) is 0 Å². The Morgan fingerprint density at radius 3 is 1.45 bits per heavy atom. The van der Waals surface area contributed by atoms with Crippen molar-refractivity contribution in [2.45, 2.75) is 26.4 Å². The van der Waals surface area contributed by atoms with Crippen molar-refractivity contribution < 1.29 is 23.6 Å². The van der Waals surface area contributed by atoms with Gasteiger partial charge in [0.05, 0.1) is 12.2 Å². The minimum atomic E-state index is -4.68. The van der Waals surface area contributed by atoms with Crippen LogP contribution in [0.4, 0.5) is 0 Å². The van der Waals surface area contributed by atoms with Gasteiger partial charge in [-0.05, 0) is 159 Å². The molecule has 1 N–H and O–H groups in total. The maximum atomic E-state index is 12.3. The van der Waals surface area contributed by atoms with Crippen LogP contribution >= 0.6 is 7.82 Å². The van der Waals surface area contributed by atoms with Crippen molar-refractivity contribution in [3.63, 3.8) is 0 Å². The molecule has 0 bridgehead atoms. The molecule has 0 aromatic carbocycles. The number of rotatable bonds is 7. The Kier molecular flexibility index (Phi) is 26.2. The van der Waals surface area contributed by atoms with E-state index in [4.69, 9.17) is 14.2 Å². The molecule has 0 aromatic heterocycles. The van der Waals surface area contributed by atoms with E-state index in [0.29, 0.717) is 6.42 Å². The SMILES string of the molecule is C=C=C=C=C=C=C=C=C=C=C=C=C=C=C=C=C=C(C#CC#CC#CC#CC#CC#CC#CC#CC#CO)C(/C=C/C)OP(=O)([O-])OCCC. The lowest BCUT2D eigenvalue weighted by atomic mass is 10.1. The number of hydrogen-bond donors (Lipinski definition) is 1. The lowest BCUT2D eigenvalue weighted by Gasteiger charge is -2.26. The van der Waals surface area contributed by atoms with Gasteiger partial charge in [0, 0.05) is 47.4 Å². The first-order valence-electron chi connectivity index (χ1n) is 13.1. The molecule has 0 saturated heterocycles. The highest BCUT2D eigenvalue weighted by Gasteiger charge is 2.18. The quantitative estimate of drug-likeness (QED) is 0.195. The molecule has 0 heterocycles. The minimum absolute atomic E-state index is 0.0322. The fourth-order valence-corrected chi connectivity index (χ4v) is 2.91. The van der Waals surface area contributed by atoms with E-state index in [9.17, 15) is 9.46 Å². The van der Waals surface area contributed by atoms with Crippen molar-refractivity contribution in [2.24, 2.45) is 0 Å². The van der Waals surface area contributed by atoms with Crippen LogP contribution in [0, 0.1) is 107 Å². The summed E-state index contributed by atoms with van der Waals surface area (Å²) in [6.07, 6.45) is 3.87. The summed E-state index contributed by atoms with van der Waals surface area (Å²) in [7, 11) is -4.68. The van der Waals surface area contributed by atoms with Gasteiger partial charge in [-0.3, -0.25) is 4.57 Å². The first-order valence-corrected chi connectivity index (χ1v) is 14.5. The normalized spacial score (nSPS) is 8.14. The molecule has 2 unspecified atom stereocenters. The summed E-state index contributed by atoms with van der Waals surface area (Å²) in [6.45, 7) is 6.67. The van der Waals surface area contributed by atoms with Crippen LogP contribution in [0.15, 0.2) is 116 Å². The zero-order valence-corrected chi connectivity index (χ0v) is 26.8. The molecule has 0 rings (SSSR count). The van der Waals surface area contributed by atoms with Gasteiger partial charge in [-0.1, -0.05) is 24.8 Å². The second-order valence-corrected chi connectivity index (χ2v) is 8.40. The average Bonchev–Trinajstić information content (AvgIpc) is 3.09. The van der Waals surface area contributed by atoms with E-state index in [0.717, 1.165) is 0 Å². The third kappa shape index (κ3) is 28.4. The lowest BCUT2D eigenvalue weighted by molar-refractivity contribution is -0.226. The first kappa shape index (κ1) is 40.9. The van der Waals surface area contributed by atoms with Gasteiger partial charge in [-0.25, -0.2) is 0 Å². The van der Waals surface area contributed by atoms with Crippen molar-refractivity contribution in [2.75, 3.05) is 6.61 Å². The molecule has 49 heavy (non-hydrogen) atoms. The highest BCUT2D eigenvalue weighted by Crippen LogP contribution is 2.41. The molecule has 2 atom stereocenters. The van der Waals surface area contributed by atoms with Crippen LogP contribution in [0.5, 0.6) is 0 Å². The molecular formula is C43H16O5P-. The fourth-order valence-electron chi connectivity index (χ4n) is 1.99. The van der Waals surface area contributed by atoms with Crippen molar-refractivity contribution in [1.29, 1.82) is 0 Å².